The number of halogens is 2. The Morgan fingerprint density at radius 3 is 2.77 bits per heavy atom. The first-order valence-corrected chi connectivity index (χ1v) is 8.78. The van der Waals surface area contributed by atoms with Crippen molar-refractivity contribution in [3.8, 4) is 11.4 Å². The molecule has 1 aromatic heterocycles. The summed E-state index contributed by atoms with van der Waals surface area (Å²) in [6.07, 6.45) is 1.75. The van der Waals surface area contributed by atoms with Crippen LogP contribution in [0.3, 0.4) is 0 Å². The van der Waals surface area contributed by atoms with Crippen molar-refractivity contribution in [2.24, 2.45) is 0 Å². The maximum atomic E-state index is 12.7. The molecule has 0 fully saturated rings. The van der Waals surface area contributed by atoms with E-state index in [2.05, 4.69) is 5.10 Å². The predicted octanol–water partition coefficient (Wildman–Crippen LogP) is 5.15. The minimum atomic E-state index is -0.0576. The van der Waals surface area contributed by atoms with Gasteiger partial charge in [0.2, 0.25) is 0 Å². The molecule has 6 heteroatoms. The molecule has 0 N–H and O–H groups in total. The van der Waals surface area contributed by atoms with Gasteiger partial charge in [-0.25, -0.2) is 4.68 Å². The minimum absolute atomic E-state index is 0.0576. The molecule has 0 spiro atoms. The van der Waals surface area contributed by atoms with Crippen LogP contribution in [0.25, 0.3) is 11.8 Å². The van der Waals surface area contributed by atoms with Gasteiger partial charge in [-0.2, -0.15) is 5.10 Å². The van der Waals surface area contributed by atoms with Crippen LogP contribution in [-0.2, 0) is 0 Å². The normalized spacial score (nSPS) is 15.0. The Balaban J connectivity index is 1.76. The van der Waals surface area contributed by atoms with Crippen molar-refractivity contribution in [1.82, 2.24) is 9.78 Å². The van der Waals surface area contributed by atoms with Crippen LogP contribution < -0.4 is 4.74 Å². The number of carbonyl (C=O) groups is 1. The third kappa shape index (κ3) is 2.91. The number of nitrogens with zero attached hydrogens (tertiary/aromatic N) is 2. The summed E-state index contributed by atoms with van der Waals surface area (Å²) in [5.41, 5.74) is 3.26. The van der Waals surface area contributed by atoms with E-state index in [1.54, 1.807) is 35.0 Å². The van der Waals surface area contributed by atoms with Crippen LogP contribution in [0.4, 0.5) is 0 Å². The Bertz CT molecular complexity index is 1050. The van der Waals surface area contributed by atoms with E-state index in [1.807, 2.05) is 31.2 Å². The highest BCUT2D eigenvalue weighted by Crippen LogP contribution is 2.31. The standard InChI is InChI=1S/C20H14Cl2N2O2/c1-12-17(20(22)24(23-12)15-6-4-5-14(21)10-15)9-13-11-26-18-8-3-2-7-16(18)19(13)25/h2-10H,11H2,1H3. The van der Waals surface area contributed by atoms with E-state index in [9.17, 15) is 4.79 Å². The summed E-state index contributed by atoms with van der Waals surface area (Å²) in [7, 11) is 0. The van der Waals surface area contributed by atoms with Crippen molar-refractivity contribution in [3.05, 3.63) is 81.1 Å². The number of rotatable bonds is 2. The van der Waals surface area contributed by atoms with Crippen molar-refractivity contribution in [2.75, 3.05) is 6.61 Å². The highest BCUT2D eigenvalue weighted by molar-refractivity contribution is 6.32. The fourth-order valence-electron chi connectivity index (χ4n) is 2.91. The highest BCUT2D eigenvalue weighted by atomic mass is 35.5. The summed E-state index contributed by atoms with van der Waals surface area (Å²) in [5, 5.41) is 5.50. The molecular weight excluding hydrogens is 371 g/mol. The van der Waals surface area contributed by atoms with Gasteiger partial charge < -0.3 is 4.74 Å². The predicted molar refractivity (Wildman–Crippen MR) is 103 cm³/mol. The fraction of sp³-hybridized carbons (Fsp3) is 0.100. The van der Waals surface area contributed by atoms with Crippen LogP contribution in [-0.4, -0.2) is 22.2 Å². The molecule has 2 aromatic carbocycles. The lowest BCUT2D eigenvalue weighted by atomic mass is 9.99. The zero-order valence-corrected chi connectivity index (χ0v) is 15.4. The molecule has 0 bridgehead atoms. The van der Waals surface area contributed by atoms with Crippen LogP contribution in [0.5, 0.6) is 5.75 Å². The molecular formula is C20H14Cl2N2O2. The first kappa shape index (κ1) is 16.9. The lowest BCUT2D eigenvalue weighted by Gasteiger charge is -2.18. The van der Waals surface area contributed by atoms with Gasteiger partial charge in [0.25, 0.3) is 0 Å². The van der Waals surface area contributed by atoms with Crippen molar-refractivity contribution in [3.63, 3.8) is 0 Å². The van der Waals surface area contributed by atoms with Gasteiger partial charge >= 0.3 is 0 Å². The van der Waals surface area contributed by atoms with Crippen molar-refractivity contribution < 1.29 is 9.53 Å². The molecule has 0 aliphatic carbocycles. The SMILES string of the molecule is Cc1nn(-c2cccc(Cl)c2)c(Cl)c1C=C1COc2ccccc2C1=O. The molecule has 26 heavy (non-hydrogen) atoms. The van der Waals surface area contributed by atoms with E-state index >= 15 is 0 Å². The number of Topliss-reactive ketones (excluding diaryl/α,β-unsaturated/α-hetero) is 1. The van der Waals surface area contributed by atoms with Crippen LogP contribution in [0, 0.1) is 6.92 Å². The van der Waals surface area contributed by atoms with Gasteiger partial charge in [0.05, 0.1) is 16.9 Å². The Hall–Kier alpha value is -2.56. The second kappa shape index (κ2) is 6.63. The molecule has 0 saturated heterocycles. The van der Waals surface area contributed by atoms with Gasteiger partial charge in [-0.15, -0.1) is 0 Å². The molecule has 1 aliphatic heterocycles. The number of para-hydroxylation sites is 1. The number of ketones is 1. The van der Waals surface area contributed by atoms with Crippen LogP contribution in [0.15, 0.2) is 54.1 Å². The lowest BCUT2D eigenvalue weighted by molar-refractivity contribution is 0.100. The molecule has 0 atom stereocenters. The van der Waals surface area contributed by atoms with Crippen LogP contribution >= 0.6 is 23.2 Å². The van der Waals surface area contributed by atoms with Gasteiger partial charge in [-0.1, -0.05) is 41.4 Å². The number of fused-ring (bicyclic) bond motifs is 1. The van der Waals surface area contributed by atoms with Crippen molar-refractivity contribution >= 4 is 35.1 Å². The molecule has 0 unspecified atom stereocenters. The second-order valence-corrected chi connectivity index (χ2v) is 6.76. The van der Waals surface area contributed by atoms with E-state index < -0.39 is 0 Å². The Morgan fingerprint density at radius 1 is 1.15 bits per heavy atom. The quantitative estimate of drug-likeness (QED) is 0.574. The van der Waals surface area contributed by atoms with Crippen molar-refractivity contribution in [1.29, 1.82) is 0 Å². The van der Waals surface area contributed by atoms with Crippen molar-refractivity contribution in [2.45, 2.75) is 6.92 Å². The Morgan fingerprint density at radius 2 is 1.96 bits per heavy atom. The fourth-order valence-corrected chi connectivity index (χ4v) is 3.42. The topological polar surface area (TPSA) is 44.1 Å². The number of hydrogen-bond donors (Lipinski definition) is 0. The minimum Gasteiger partial charge on any atom is -0.488 e. The average Bonchev–Trinajstić information content (AvgIpc) is 2.92. The highest BCUT2D eigenvalue weighted by Gasteiger charge is 2.24. The third-order valence-corrected chi connectivity index (χ3v) is 4.82. The summed E-state index contributed by atoms with van der Waals surface area (Å²) in [6.45, 7) is 2.05. The summed E-state index contributed by atoms with van der Waals surface area (Å²) < 4.78 is 7.30. The number of carbonyl (C=O) groups excluding carboxylic acids is 1. The summed E-state index contributed by atoms with van der Waals surface area (Å²) in [6, 6.07) is 14.5. The largest absolute Gasteiger partial charge is 0.488 e. The van der Waals surface area contributed by atoms with Crippen LogP contribution in [0.1, 0.15) is 21.6 Å². The average molecular weight is 385 g/mol. The van der Waals surface area contributed by atoms with E-state index in [1.165, 1.54) is 0 Å². The zero-order chi connectivity index (χ0) is 18.3. The lowest BCUT2D eigenvalue weighted by Crippen LogP contribution is -2.18. The molecule has 1 aliphatic rings. The zero-order valence-electron chi connectivity index (χ0n) is 13.9. The Labute approximate surface area is 160 Å². The van der Waals surface area contributed by atoms with Gasteiger partial charge in [0.15, 0.2) is 5.78 Å². The first-order valence-electron chi connectivity index (χ1n) is 8.03. The van der Waals surface area contributed by atoms with E-state index in [0.717, 1.165) is 5.69 Å². The monoisotopic (exact) mass is 384 g/mol. The van der Waals surface area contributed by atoms with Gasteiger partial charge in [-0.05, 0) is 43.3 Å². The maximum absolute atomic E-state index is 12.7. The molecule has 3 aromatic rings. The summed E-state index contributed by atoms with van der Waals surface area (Å²) >= 11 is 12.6. The molecule has 0 saturated carbocycles. The molecule has 130 valence electrons. The molecule has 4 rings (SSSR count). The van der Waals surface area contributed by atoms with E-state index in [-0.39, 0.29) is 12.4 Å². The van der Waals surface area contributed by atoms with Gasteiger partial charge in [-0.3, -0.25) is 4.79 Å². The number of benzene rings is 2. The number of aromatic nitrogens is 2. The summed E-state index contributed by atoms with van der Waals surface area (Å²) in [4.78, 5) is 12.7. The third-order valence-electron chi connectivity index (χ3n) is 4.23. The molecule has 4 nitrogen and oxygen atoms in total. The summed E-state index contributed by atoms with van der Waals surface area (Å²) in [5.74, 6) is 0.546. The van der Waals surface area contributed by atoms with E-state index in [0.29, 0.717) is 38.3 Å². The molecule has 2 heterocycles. The first-order chi connectivity index (χ1) is 12.5. The molecule has 0 radical (unpaired) electrons. The number of ether oxygens (including phenoxy) is 1. The second-order valence-electron chi connectivity index (χ2n) is 5.97. The maximum Gasteiger partial charge on any atom is 0.196 e. The Kier molecular flexibility index (Phi) is 4.31. The number of hydrogen-bond acceptors (Lipinski definition) is 3. The van der Waals surface area contributed by atoms with Gasteiger partial charge in [0, 0.05) is 16.2 Å². The van der Waals surface area contributed by atoms with Crippen LogP contribution in [0.2, 0.25) is 10.2 Å². The van der Waals surface area contributed by atoms with Gasteiger partial charge in [0.1, 0.15) is 17.5 Å². The smallest absolute Gasteiger partial charge is 0.196 e. The molecule has 0 amide bonds. The van der Waals surface area contributed by atoms with E-state index in [4.69, 9.17) is 27.9 Å². The number of aryl methyl sites for hydroxylation is 1.